The van der Waals surface area contributed by atoms with E-state index in [1.165, 1.54) is 0 Å². The van der Waals surface area contributed by atoms with Gasteiger partial charge in [-0.25, -0.2) is 9.97 Å². The van der Waals surface area contributed by atoms with Gasteiger partial charge in [0.05, 0.1) is 23.5 Å². The van der Waals surface area contributed by atoms with Crippen LogP contribution in [0.1, 0.15) is 18.9 Å². The summed E-state index contributed by atoms with van der Waals surface area (Å²) in [6.07, 6.45) is 7.84. The highest BCUT2D eigenvalue weighted by atomic mass is 16.3. The van der Waals surface area contributed by atoms with Gasteiger partial charge in [0.25, 0.3) is 0 Å². The number of nitrogens with zero attached hydrogens (tertiary/aromatic N) is 4. The van der Waals surface area contributed by atoms with E-state index in [1.807, 2.05) is 29.1 Å². The molecule has 1 aromatic carbocycles. The van der Waals surface area contributed by atoms with Crippen LogP contribution in [0, 0.1) is 0 Å². The van der Waals surface area contributed by atoms with Crippen LogP contribution in [-0.4, -0.2) is 32.8 Å². The van der Waals surface area contributed by atoms with E-state index < -0.39 is 0 Å². The molecule has 1 aliphatic heterocycles. The summed E-state index contributed by atoms with van der Waals surface area (Å²) in [4.78, 5) is 8.86. The van der Waals surface area contributed by atoms with Crippen LogP contribution < -0.4 is 16.8 Å². The number of hydrogen-bond donors (Lipinski definition) is 3. The minimum Gasteiger partial charge on any atom is -0.436 e. The first-order chi connectivity index (χ1) is 13.7. The quantitative estimate of drug-likeness (QED) is 0.471. The molecule has 0 radical (unpaired) electrons. The number of anilines is 2. The number of hydrogen-bond acceptors (Lipinski definition) is 7. The second kappa shape index (κ2) is 6.65. The van der Waals surface area contributed by atoms with Crippen molar-refractivity contribution >= 4 is 22.6 Å². The predicted molar refractivity (Wildman–Crippen MR) is 108 cm³/mol. The normalized spacial score (nSPS) is 15.3. The average Bonchev–Trinajstić information content (AvgIpc) is 3.37. The zero-order valence-electron chi connectivity index (χ0n) is 15.3. The van der Waals surface area contributed by atoms with Gasteiger partial charge in [-0.1, -0.05) is 6.07 Å². The molecule has 1 aliphatic rings. The highest BCUT2D eigenvalue weighted by Crippen LogP contribution is 2.33. The third kappa shape index (κ3) is 2.87. The largest absolute Gasteiger partial charge is 0.436 e. The van der Waals surface area contributed by atoms with Crippen molar-refractivity contribution in [2.75, 3.05) is 24.6 Å². The van der Waals surface area contributed by atoms with Crippen molar-refractivity contribution in [3.8, 4) is 22.6 Å². The van der Waals surface area contributed by atoms with E-state index in [0.29, 0.717) is 40.1 Å². The van der Waals surface area contributed by atoms with Crippen molar-refractivity contribution in [1.82, 2.24) is 25.1 Å². The van der Waals surface area contributed by atoms with Gasteiger partial charge >= 0.3 is 0 Å². The molecular weight excluding hydrogens is 354 g/mol. The fourth-order valence-electron chi connectivity index (χ4n) is 3.65. The van der Waals surface area contributed by atoms with Gasteiger partial charge in [0, 0.05) is 23.5 Å². The van der Waals surface area contributed by atoms with Crippen molar-refractivity contribution in [2.45, 2.75) is 18.9 Å². The van der Waals surface area contributed by atoms with E-state index in [2.05, 4.69) is 26.6 Å². The van der Waals surface area contributed by atoms with E-state index >= 15 is 0 Å². The number of nitrogen functional groups attached to an aromatic ring is 2. The monoisotopic (exact) mass is 375 g/mol. The Morgan fingerprint density at radius 1 is 1.11 bits per heavy atom. The van der Waals surface area contributed by atoms with Gasteiger partial charge in [-0.2, -0.15) is 5.10 Å². The summed E-state index contributed by atoms with van der Waals surface area (Å²) in [7, 11) is 0. The van der Waals surface area contributed by atoms with Crippen LogP contribution in [0.4, 0.5) is 11.5 Å². The Kier molecular flexibility index (Phi) is 3.98. The van der Waals surface area contributed by atoms with Gasteiger partial charge < -0.3 is 21.2 Å². The molecule has 0 bridgehead atoms. The molecule has 8 nitrogen and oxygen atoms in total. The molecule has 28 heavy (non-hydrogen) atoms. The van der Waals surface area contributed by atoms with Crippen molar-refractivity contribution in [3.05, 3.63) is 42.9 Å². The maximum atomic E-state index is 6.11. The van der Waals surface area contributed by atoms with Gasteiger partial charge in [0.2, 0.25) is 5.89 Å². The Bertz CT molecular complexity index is 1140. The predicted octanol–water partition coefficient (Wildman–Crippen LogP) is 2.84. The number of rotatable bonds is 3. The maximum Gasteiger partial charge on any atom is 0.231 e. The topological polar surface area (TPSA) is 121 Å². The van der Waals surface area contributed by atoms with Crippen LogP contribution >= 0.6 is 0 Å². The third-order valence-corrected chi connectivity index (χ3v) is 5.22. The molecule has 0 atom stereocenters. The Labute approximate surface area is 161 Å². The smallest absolute Gasteiger partial charge is 0.231 e. The van der Waals surface area contributed by atoms with Gasteiger partial charge in [-0.05, 0) is 44.1 Å². The van der Waals surface area contributed by atoms with Crippen LogP contribution in [0.3, 0.4) is 0 Å². The Balaban J connectivity index is 1.52. The number of piperidine rings is 1. The lowest BCUT2D eigenvalue weighted by atomic mass is 10.1. The number of fused-ring (bicyclic) bond motifs is 1. The first-order valence-electron chi connectivity index (χ1n) is 9.35. The number of pyridine rings is 1. The van der Waals surface area contributed by atoms with Crippen LogP contribution in [0.15, 0.2) is 47.3 Å². The van der Waals surface area contributed by atoms with Crippen LogP contribution in [-0.2, 0) is 0 Å². The summed E-state index contributed by atoms with van der Waals surface area (Å²) in [6, 6.07) is 7.82. The third-order valence-electron chi connectivity index (χ3n) is 5.22. The second-order valence-electron chi connectivity index (χ2n) is 7.06. The summed E-state index contributed by atoms with van der Waals surface area (Å²) >= 11 is 0. The molecule has 4 heterocycles. The number of para-hydroxylation sites is 1. The summed E-state index contributed by atoms with van der Waals surface area (Å²) in [5.41, 5.74) is 16.5. The van der Waals surface area contributed by atoms with Crippen molar-refractivity contribution in [2.24, 2.45) is 0 Å². The summed E-state index contributed by atoms with van der Waals surface area (Å²) < 4.78 is 7.92. The molecule has 1 saturated heterocycles. The highest BCUT2D eigenvalue weighted by Gasteiger charge is 2.18. The number of oxazole rings is 1. The number of aromatic nitrogens is 4. The lowest BCUT2D eigenvalue weighted by Crippen LogP contribution is -2.29. The lowest BCUT2D eigenvalue weighted by Gasteiger charge is -2.22. The molecule has 1 fully saturated rings. The standard InChI is InChI=1S/C20H21N7O/c21-16-2-1-3-17-18(16)26-20(28-17)15-8-12(9-24-19(15)22)13-10-25-27(11-13)14-4-6-23-7-5-14/h1-3,8-11,14,23H,4-7,21H2,(H2,22,24). The van der Waals surface area contributed by atoms with Crippen LogP contribution in [0.5, 0.6) is 0 Å². The first kappa shape index (κ1) is 16.8. The first-order valence-corrected chi connectivity index (χ1v) is 9.35. The maximum absolute atomic E-state index is 6.11. The zero-order chi connectivity index (χ0) is 19.1. The van der Waals surface area contributed by atoms with E-state index in [9.17, 15) is 0 Å². The molecular formula is C20H21N7O. The van der Waals surface area contributed by atoms with Crippen molar-refractivity contribution in [3.63, 3.8) is 0 Å². The molecule has 142 valence electrons. The molecule has 4 aromatic rings. The molecule has 0 unspecified atom stereocenters. The summed E-state index contributed by atoms with van der Waals surface area (Å²) in [5, 5.41) is 7.94. The van der Waals surface area contributed by atoms with Gasteiger partial charge in [-0.15, -0.1) is 0 Å². The summed E-state index contributed by atoms with van der Waals surface area (Å²) in [6.45, 7) is 2.04. The van der Waals surface area contributed by atoms with Crippen molar-refractivity contribution in [1.29, 1.82) is 0 Å². The zero-order valence-corrected chi connectivity index (χ0v) is 15.3. The SMILES string of the molecule is Nc1ncc(-c2cnn(C3CCNCC3)c2)cc1-c1nc2c(N)cccc2o1. The van der Waals surface area contributed by atoms with Gasteiger partial charge in [-0.3, -0.25) is 4.68 Å². The number of benzene rings is 1. The Morgan fingerprint density at radius 2 is 1.96 bits per heavy atom. The molecule has 8 heteroatoms. The van der Waals surface area contributed by atoms with Crippen molar-refractivity contribution < 1.29 is 4.42 Å². The van der Waals surface area contributed by atoms with E-state index in [0.717, 1.165) is 37.1 Å². The molecule has 0 spiro atoms. The highest BCUT2D eigenvalue weighted by molar-refractivity contribution is 5.88. The Hall–Kier alpha value is -3.39. The van der Waals surface area contributed by atoms with E-state index in [1.54, 1.807) is 12.3 Å². The number of nitrogens with one attached hydrogen (secondary N) is 1. The molecule has 5 N–H and O–H groups in total. The molecule has 0 aliphatic carbocycles. The van der Waals surface area contributed by atoms with Crippen LogP contribution in [0.25, 0.3) is 33.7 Å². The summed E-state index contributed by atoms with van der Waals surface area (Å²) in [5.74, 6) is 0.769. The minimum atomic E-state index is 0.361. The second-order valence-corrected chi connectivity index (χ2v) is 7.06. The average molecular weight is 375 g/mol. The van der Waals surface area contributed by atoms with Crippen LogP contribution in [0.2, 0.25) is 0 Å². The fourth-order valence-corrected chi connectivity index (χ4v) is 3.65. The lowest BCUT2D eigenvalue weighted by molar-refractivity contribution is 0.343. The van der Waals surface area contributed by atoms with E-state index in [4.69, 9.17) is 15.9 Å². The molecule has 5 rings (SSSR count). The molecule has 0 amide bonds. The number of nitrogens with two attached hydrogens (primary N) is 2. The van der Waals surface area contributed by atoms with Gasteiger partial charge in [0.15, 0.2) is 5.58 Å². The fraction of sp³-hybridized carbons (Fsp3) is 0.250. The minimum absolute atomic E-state index is 0.361. The Morgan fingerprint density at radius 3 is 2.79 bits per heavy atom. The molecule has 3 aromatic heterocycles. The van der Waals surface area contributed by atoms with Gasteiger partial charge in [0.1, 0.15) is 11.3 Å². The van der Waals surface area contributed by atoms with E-state index in [-0.39, 0.29) is 0 Å². The molecule has 0 saturated carbocycles.